The number of hydrogen-bond donors (Lipinski definition) is 1. The van der Waals surface area contributed by atoms with Crippen molar-refractivity contribution in [3.63, 3.8) is 0 Å². The van der Waals surface area contributed by atoms with E-state index in [0.717, 1.165) is 41.6 Å². The molecule has 2 heterocycles. The predicted molar refractivity (Wildman–Crippen MR) is 136 cm³/mol. The largest absolute Gasteiger partial charge is 0.408 e. The minimum absolute atomic E-state index is 0.302. The number of hydrogen-bond acceptors (Lipinski definition) is 3. The summed E-state index contributed by atoms with van der Waals surface area (Å²) in [7, 11) is 3.53. The zero-order valence-electron chi connectivity index (χ0n) is 20.4. The van der Waals surface area contributed by atoms with Gasteiger partial charge >= 0.3 is 6.18 Å². The maximum absolute atomic E-state index is 13.4. The summed E-state index contributed by atoms with van der Waals surface area (Å²) in [6.45, 7) is 3.39. The van der Waals surface area contributed by atoms with Gasteiger partial charge in [0.05, 0.1) is 11.4 Å². The van der Waals surface area contributed by atoms with E-state index in [-0.39, 0.29) is 0 Å². The molecule has 8 heteroatoms. The van der Waals surface area contributed by atoms with Gasteiger partial charge in [-0.25, -0.2) is 4.98 Å². The normalized spacial score (nSPS) is 14.1. The first-order valence-corrected chi connectivity index (χ1v) is 11.3. The molecule has 1 aromatic carbocycles. The number of nitrogens with one attached hydrogen (secondary N) is 1. The first-order chi connectivity index (χ1) is 16.7. The van der Waals surface area contributed by atoms with E-state index in [1.165, 1.54) is 17.8 Å². The summed E-state index contributed by atoms with van der Waals surface area (Å²) in [4.78, 5) is 8.99. The Bertz CT molecular complexity index is 1350. The molecule has 0 amide bonds. The Balaban J connectivity index is 0.00000108. The highest BCUT2D eigenvalue weighted by Gasteiger charge is 2.37. The van der Waals surface area contributed by atoms with Gasteiger partial charge in [-0.3, -0.25) is 4.99 Å². The lowest BCUT2D eigenvalue weighted by molar-refractivity contribution is -0.163. The van der Waals surface area contributed by atoms with Crippen LogP contribution in [0.3, 0.4) is 0 Å². The van der Waals surface area contributed by atoms with Crippen molar-refractivity contribution in [3.8, 4) is 12.3 Å². The summed E-state index contributed by atoms with van der Waals surface area (Å²) in [5.74, 6) is 3.21. The molecule has 184 valence electrons. The fourth-order valence-electron chi connectivity index (χ4n) is 4.08. The number of nitrogens with zero attached hydrogens (tertiary/aromatic N) is 4. The molecule has 0 aliphatic heterocycles. The molecule has 1 N–H and O–H groups in total. The van der Waals surface area contributed by atoms with Crippen LogP contribution in [0.5, 0.6) is 0 Å². The Kier molecular flexibility index (Phi) is 8.23. The van der Waals surface area contributed by atoms with Crippen LogP contribution in [0.15, 0.2) is 53.7 Å². The molecular formula is C27H30F3N5. The molecule has 0 radical (unpaired) electrons. The van der Waals surface area contributed by atoms with Crippen molar-refractivity contribution in [1.82, 2.24) is 14.1 Å². The average molecular weight is 482 g/mol. The topological polar surface area (TPSA) is 47.1 Å². The molecular weight excluding hydrogens is 451 g/mol. The maximum Gasteiger partial charge on any atom is 0.408 e. The van der Waals surface area contributed by atoms with Gasteiger partial charge in [0.1, 0.15) is 17.4 Å². The standard InChI is InChI=1S/C24H26F3N5.C3H4/c1-16(24(25,26)27)32-15-13-17-8-7-10-19(22(17)23(32)28-2)29-14-12-21-30-18-9-5-4-6-11-20(18)31(21)3;1-3-2/h4-8,10-11,13,15-16,29H,9,12,14H2,1-3H3;1H,2H3. The van der Waals surface area contributed by atoms with Gasteiger partial charge in [0, 0.05) is 50.8 Å². The van der Waals surface area contributed by atoms with E-state index in [1.807, 2.05) is 37.4 Å². The number of allylic oxidation sites excluding steroid dienone is 3. The second kappa shape index (κ2) is 11.1. The molecule has 35 heavy (non-hydrogen) atoms. The van der Waals surface area contributed by atoms with Crippen LogP contribution < -0.4 is 10.8 Å². The number of imidazole rings is 1. The Morgan fingerprint density at radius 1 is 1.26 bits per heavy atom. The summed E-state index contributed by atoms with van der Waals surface area (Å²) in [5, 5.41) is 4.91. The molecule has 0 bridgehead atoms. The van der Waals surface area contributed by atoms with Crippen molar-refractivity contribution in [2.45, 2.75) is 38.9 Å². The first-order valence-electron chi connectivity index (χ1n) is 11.3. The lowest BCUT2D eigenvalue weighted by Gasteiger charge is -2.21. The average Bonchev–Trinajstić information content (AvgIpc) is 2.98. The summed E-state index contributed by atoms with van der Waals surface area (Å²) < 4.78 is 43.5. The number of rotatable bonds is 5. The van der Waals surface area contributed by atoms with Crippen LogP contribution in [0, 0.1) is 12.3 Å². The van der Waals surface area contributed by atoms with Crippen molar-refractivity contribution >= 4 is 22.5 Å². The van der Waals surface area contributed by atoms with Gasteiger partial charge < -0.3 is 14.5 Å². The molecule has 1 atom stereocenters. The van der Waals surface area contributed by atoms with E-state index in [9.17, 15) is 13.2 Å². The molecule has 5 nitrogen and oxygen atoms in total. The number of aromatic nitrogens is 3. The van der Waals surface area contributed by atoms with Crippen LogP contribution in [0.1, 0.15) is 37.1 Å². The Hall–Kier alpha value is -3.73. The quantitative estimate of drug-likeness (QED) is 0.493. The predicted octanol–water partition coefficient (Wildman–Crippen LogP) is 5.45. The second-order valence-electron chi connectivity index (χ2n) is 8.13. The van der Waals surface area contributed by atoms with E-state index < -0.39 is 12.2 Å². The van der Waals surface area contributed by atoms with Crippen molar-refractivity contribution in [2.24, 2.45) is 12.0 Å². The molecule has 2 aromatic heterocycles. The minimum atomic E-state index is -4.36. The van der Waals surface area contributed by atoms with Gasteiger partial charge in [0.2, 0.25) is 0 Å². The Morgan fingerprint density at radius 3 is 2.69 bits per heavy atom. The zero-order valence-corrected chi connectivity index (χ0v) is 20.4. The third kappa shape index (κ3) is 5.68. The zero-order chi connectivity index (χ0) is 25.6. The first kappa shape index (κ1) is 25.9. The van der Waals surface area contributed by atoms with E-state index in [0.29, 0.717) is 23.8 Å². The van der Waals surface area contributed by atoms with Crippen molar-refractivity contribution in [3.05, 3.63) is 71.4 Å². The van der Waals surface area contributed by atoms with Crippen LogP contribution in [-0.2, 0) is 19.9 Å². The fourth-order valence-corrected chi connectivity index (χ4v) is 4.08. The van der Waals surface area contributed by atoms with E-state index >= 15 is 0 Å². The number of terminal acetylenes is 1. The van der Waals surface area contributed by atoms with E-state index in [4.69, 9.17) is 4.98 Å². The third-order valence-corrected chi connectivity index (χ3v) is 5.87. The van der Waals surface area contributed by atoms with Gasteiger partial charge in [-0.05, 0) is 37.4 Å². The Labute approximate surface area is 203 Å². The van der Waals surface area contributed by atoms with Gasteiger partial charge in [-0.1, -0.05) is 30.4 Å². The van der Waals surface area contributed by atoms with Crippen LogP contribution >= 0.6 is 0 Å². The summed E-state index contributed by atoms with van der Waals surface area (Å²) in [6.07, 6.45) is 11.3. The highest BCUT2D eigenvalue weighted by Crippen LogP contribution is 2.30. The van der Waals surface area contributed by atoms with Crippen LogP contribution in [0.25, 0.3) is 16.8 Å². The number of alkyl halides is 3. The monoisotopic (exact) mass is 481 g/mol. The van der Waals surface area contributed by atoms with Gasteiger partial charge in [-0.15, -0.1) is 12.3 Å². The third-order valence-electron chi connectivity index (χ3n) is 5.87. The van der Waals surface area contributed by atoms with Gasteiger partial charge in [0.15, 0.2) is 0 Å². The molecule has 1 aliphatic carbocycles. The van der Waals surface area contributed by atoms with Crippen LogP contribution in [-0.4, -0.2) is 33.9 Å². The number of benzene rings is 1. The van der Waals surface area contributed by atoms with Crippen molar-refractivity contribution in [2.75, 3.05) is 18.9 Å². The summed E-state index contributed by atoms with van der Waals surface area (Å²) >= 11 is 0. The van der Waals surface area contributed by atoms with E-state index in [1.54, 1.807) is 13.0 Å². The molecule has 0 fully saturated rings. The second-order valence-corrected chi connectivity index (χ2v) is 8.13. The molecule has 1 aliphatic rings. The molecule has 4 rings (SSSR count). The number of anilines is 1. The Morgan fingerprint density at radius 2 is 2.00 bits per heavy atom. The fraction of sp³-hybridized carbons (Fsp3) is 0.333. The van der Waals surface area contributed by atoms with Crippen molar-refractivity contribution in [1.29, 1.82) is 0 Å². The van der Waals surface area contributed by atoms with Crippen LogP contribution in [0.2, 0.25) is 0 Å². The molecule has 3 aromatic rings. The smallest absolute Gasteiger partial charge is 0.384 e. The van der Waals surface area contributed by atoms with Gasteiger partial charge in [0.25, 0.3) is 0 Å². The number of halogens is 3. The maximum atomic E-state index is 13.4. The lowest BCUT2D eigenvalue weighted by Crippen LogP contribution is -2.33. The summed E-state index contributed by atoms with van der Waals surface area (Å²) in [5.41, 5.74) is 3.21. The lowest BCUT2D eigenvalue weighted by atomic mass is 10.1. The number of fused-ring (bicyclic) bond motifs is 2. The summed E-state index contributed by atoms with van der Waals surface area (Å²) in [6, 6.07) is 5.67. The SMILES string of the molecule is C#CC.CN=c1c2c(NCCc3nc4c(n3C)C=CC=CC4)cccc2ccn1C(C)C(F)(F)F. The molecule has 1 unspecified atom stereocenters. The number of pyridine rings is 1. The van der Waals surface area contributed by atoms with E-state index in [2.05, 4.69) is 39.4 Å². The van der Waals surface area contributed by atoms with Gasteiger partial charge in [-0.2, -0.15) is 13.2 Å². The molecule has 0 spiro atoms. The molecule has 0 saturated heterocycles. The minimum Gasteiger partial charge on any atom is -0.384 e. The highest BCUT2D eigenvalue weighted by molar-refractivity contribution is 5.93. The van der Waals surface area contributed by atoms with Crippen LogP contribution in [0.4, 0.5) is 18.9 Å². The molecule has 0 saturated carbocycles. The highest BCUT2D eigenvalue weighted by atomic mass is 19.4. The van der Waals surface area contributed by atoms with Crippen molar-refractivity contribution < 1.29 is 13.2 Å².